The molecule has 13 heavy (non-hydrogen) atoms. The molecule has 0 aliphatic rings. The average molecular weight is 174 g/mol. The predicted octanol–water partition coefficient (Wildman–Crippen LogP) is 1.55. The third-order valence-electron chi connectivity index (χ3n) is 1.64. The van der Waals surface area contributed by atoms with Gasteiger partial charge in [-0.1, -0.05) is 0 Å². The maximum Gasteiger partial charge on any atom is 0.226 e. The number of nitrogens with zero attached hydrogens (tertiary/aromatic N) is 2. The Morgan fingerprint density at radius 3 is 3.00 bits per heavy atom. The quantitative estimate of drug-likeness (QED) is 0.648. The highest BCUT2D eigenvalue weighted by atomic mass is 16.3. The normalized spacial score (nSPS) is 9.85. The summed E-state index contributed by atoms with van der Waals surface area (Å²) in [6.07, 6.45) is 6.79. The molecule has 0 saturated heterocycles. The number of oxazole rings is 1. The van der Waals surface area contributed by atoms with Crippen LogP contribution in [-0.4, -0.2) is 16.3 Å². The molecule has 0 saturated carbocycles. The van der Waals surface area contributed by atoms with Crippen LogP contribution in [0.2, 0.25) is 0 Å². The number of pyridine rings is 1. The van der Waals surface area contributed by atoms with Crippen LogP contribution in [0.4, 0.5) is 0 Å². The second kappa shape index (κ2) is 3.18. The SMILES string of the molecule is O=Cc1cnccc1-c1ncco1. The molecule has 2 aromatic heterocycles. The van der Waals surface area contributed by atoms with Crippen LogP contribution in [0.1, 0.15) is 10.4 Å². The van der Waals surface area contributed by atoms with Crippen molar-refractivity contribution in [2.24, 2.45) is 0 Å². The van der Waals surface area contributed by atoms with Gasteiger partial charge in [0.1, 0.15) is 6.26 Å². The number of rotatable bonds is 2. The summed E-state index contributed by atoms with van der Waals surface area (Å²) in [5.74, 6) is 0.435. The summed E-state index contributed by atoms with van der Waals surface area (Å²) in [7, 11) is 0. The van der Waals surface area contributed by atoms with E-state index in [0.717, 1.165) is 6.29 Å². The third-order valence-corrected chi connectivity index (χ3v) is 1.64. The molecule has 64 valence electrons. The van der Waals surface area contributed by atoms with E-state index < -0.39 is 0 Å². The van der Waals surface area contributed by atoms with Crippen LogP contribution in [0, 0.1) is 0 Å². The van der Waals surface area contributed by atoms with Crippen LogP contribution >= 0.6 is 0 Å². The van der Waals surface area contributed by atoms with Crippen molar-refractivity contribution in [3.8, 4) is 11.5 Å². The topological polar surface area (TPSA) is 56.0 Å². The highest BCUT2D eigenvalue weighted by Gasteiger charge is 2.07. The van der Waals surface area contributed by atoms with Gasteiger partial charge in [-0.05, 0) is 6.07 Å². The summed E-state index contributed by atoms with van der Waals surface area (Å²) in [6.45, 7) is 0. The smallest absolute Gasteiger partial charge is 0.226 e. The van der Waals surface area contributed by atoms with E-state index in [1.54, 1.807) is 12.3 Å². The summed E-state index contributed by atoms with van der Waals surface area (Å²) >= 11 is 0. The zero-order chi connectivity index (χ0) is 9.10. The lowest BCUT2D eigenvalue weighted by Gasteiger charge is -1.96. The Hall–Kier alpha value is -1.97. The molecular formula is C9H6N2O2. The molecule has 0 unspecified atom stereocenters. The first-order valence-corrected chi connectivity index (χ1v) is 3.71. The van der Waals surface area contributed by atoms with E-state index in [4.69, 9.17) is 4.42 Å². The molecule has 4 nitrogen and oxygen atoms in total. The molecule has 0 N–H and O–H groups in total. The van der Waals surface area contributed by atoms with Gasteiger partial charge in [0.25, 0.3) is 0 Å². The Morgan fingerprint density at radius 2 is 2.31 bits per heavy atom. The van der Waals surface area contributed by atoms with E-state index in [9.17, 15) is 4.79 Å². The first-order chi connectivity index (χ1) is 6.42. The van der Waals surface area contributed by atoms with Crippen molar-refractivity contribution in [3.05, 3.63) is 36.5 Å². The molecule has 2 aromatic rings. The minimum Gasteiger partial charge on any atom is -0.445 e. The lowest BCUT2D eigenvalue weighted by molar-refractivity contribution is 0.112. The van der Waals surface area contributed by atoms with E-state index in [2.05, 4.69) is 9.97 Å². The minimum atomic E-state index is 0.435. The van der Waals surface area contributed by atoms with E-state index >= 15 is 0 Å². The Kier molecular flexibility index (Phi) is 1.88. The third kappa shape index (κ3) is 1.33. The average Bonchev–Trinajstić information content (AvgIpc) is 2.70. The number of hydrogen-bond acceptors (Lipinski definition) is 4. The number of carbonyl (C=O) groups is 1. The van der Waals surface area contributed by atoms with Crippen molar-refractivity contribution in [2.75, 3.05) is 0 Å². The van der Waals surface area contributed by atoms with Crippen molar-refractivity contribution < 1.29 is 9.21 Å². The van der Waals surface area contributed by atoms with Gasteiger partial charge < -0.3 is 4.42 Å². The summed E-state index contributed by atoms with van der Waals surface area (Å²) in [5, 5.41) is 0. The predicted molar refractivity (Wildman–Crippen MR) is 45.1 cm³/mol. The first kappa shape index (κ1) is 7.67. The van der Waals surface area contributed by atoms with Crippen LogP contribution < -0.4 is 0 Å². The van der Waals surface area contributed by atoms with E-state index in [1.165, 1.54) is 18.7 Å². The number of aldehydes is 1. The molecule has 0 aromatic carbocycles. The second-order valence-electron chi connectivity index (χ2n) is 2.42. The van der Waals surface area contributed by atoms with Gasteiger partial charge in [-0.15, -0.1) is 0 Å². The molecule has 4 heteroatoms. The van der Waals surface area contributed by atoms with Gasteiger partial charge in [-0.3, -0.25) is 9.78 Å². The van der Waals surface area contributed by atoms with E-state index in [1.807, 2.05) is 0 Å². The second-order valence-corrected chi connectivity index (χ2v) is 2.42. The number of carbonyl (C=O) groups excluding carboxylic acids is 1. The fourth-order valence-electron chi connectivity index (χ4n) is 1.05. The molecule has 0 atom stereocenters. The van der Waals surface area contributed by atoms with E-state index in [-0.39, 0.29) is 0 Å². The lowest BCUT2D eigenvalue weighted by Crippen LogP contribution is -1.88. The molecule has 0 radical (unpaired) electrons. The molecule has 0 amide bonds. The monoisotopic (exact) mass is 174 g/mol. The van der Waals surface area contributed by atoms with Crippen molar-refractivity contribution in [1.29, 1.82) is 0 Å². The summed E-state index contributed by atoms with van der Waals surface area (Å²) in [5.41, 5.74) is 1.14. The summed E-state index contributed by atoms with van der Waals surface area (Å²) in [4.78, 5) is 18.4. The molecule has 0 aliphatic heterocycles. The van der Waals surface area contributed by atoms with Crippen LogP contribution in [0.25, 0.3) is 11.5 Å². The van der Waals surface area contributed by atoms with Gasteiger partial charge in [0, 0.05) is 18.0 Å². The minimum absolute atomic E-state index is 0.435. The van der Waals surface area contributed by atoms with Crippen molar-refractivity contribution in [2.45, 2.75) is 0 Å². The molecule has 2 heterocycles. The van der Waals surface area contributed by atoms with Gasteiger partial charge in [0.15, 0.2) is 6.29 Å². The fourth-order valence-corrected chi connectivity index (χ4v) is 1.05. The Labute approximate surface area is 74.2 Å². The molecule has 0 fully saturated rings. The molecule has 0 aliphatic carbocycles. The van der Waals surface area contributed by atoms with Crippen molar-refractivity contribution in [1.82, 2.24) is 9.97 Å². The Bertz CT molecular complexity index is 409. The number of hydrogen-bond donors (Lipinski definition) is 0. The maximum absolute atomic E-state index is 10.6. The summed E-state index contributed by atoms with van der Waals surface area (Å²) in [6, 6.07) is 1.69. The largest absolute Gasteiger partial charge is 0.445 e. The zero-order valence-electron chi connectivity index (χ0n) is 6.68. The standard InChI is InChI=1S/C9H6N2O2/c12-6-7-5-10-2-1-8(7)9-11-3-4-13-9/h1-6H. The van der Waals surface area contributed by atoms with E-state index in [0.29, 0.717) is 17.0 Å². The Morgan fingerprint density at radius 1 is 1.38 bits per heavy atom. The highest BCUT2D eigenvalue weighted by molar-refractivity contribution is 5.84. The highest BCUT2D eigenvalue weighted by Crippen LogP contribution is 2.18. The zero-order valence-corrected chi connectivity index (χ0v) is 6.68. The molecule has 0 bridgehead atoms. The summed E-state index contributed by atoms with van der Waals surface area (Å²) < 4.78 is 5.06. The first-order valence-electron chi connectivity index (χ1n) is 3.71. The van der Waals surface area contributed by atoms with Gasteiger partial charge in [0.2, 0.25) is 5.89 Å². The lowest BCUT2D eigenvalue weighted by atomic mass is 10.1. The van der Waals surface area contributed by atoms with Gasteiger partial charge in [-0.2, -0.15) is 0 Å². The Balaban J connectivity index is 2.57. The van der Waals surface area contributed by atoms with Gasteiger partial charge >= 0.3 is 0 Å². The van der Waals surface area contributed by atoms with Gasteiger partial charge in [0.05, 0.1) is 11.8 Å². The fraction of sp³-hybridized carbons (Fsp3) is 0. The van der Waals surface area contributed by atoms with Crippen LogP contribution in [0.3, 0.4) is 0 Å². The maximum atomic E-state index is 10.6. The van der Waals surface area contributed by atoms with Crippen LogP contribution in [-0.2, 0) is 0 Å². The molecule has 2 rings (SSSR count). The molecular weight excluding hydrogens is 168 g/mol. The van der Waals surface area contributed by atoms with Crippen molar-refractivity contribution >= 4 is 6.29 Å². The molecule has 0 spiro atoms. The van der Waals surface area contributed by atoms with Crippen molar-refractivity contribution in [3.63, 3.8) is 0 Å². The van der Waals surface area contributed by atoms with Crippen LogP contribution in [0.5, 0.6) is 0 Å². The number of aromatic nitrogens is 2. The van der Waals surface area contributed by atoms with Crippen LogP contribution in [0.15, 0.2) is 35.3 Å². The van der Waals surface area contributed by atoms with Gasteiger partial charge in [-0.25, -0.2) is 4.98 Å².